The Labute approximate surface area is 283 Å². The van der Waals surface area contributed by atoms with Gasteiger partial charge >= 0.3 is 0 Å². The van der Waals surface area contributed by atoms with Crippen molar-refractivity contribution in [3.63, 3.8) is 0 Å². The molecule has 244 valence electrons. The number of para-hydroxylation sites is 1. The fourth-order valence-corrected chi connectivity index (χ4v) is 9.70. The summed E-state index contributed by atoms with van der Waals surface area (Å²) in [5, 5.41) is 0. The van der Waals surface area contributed by atoms with Gasteiger partial charge in [0, 0.05) is 28.3 Å². The molecule has 0 spiro atoms. The molecule has 1 saturated carbocycles. The smallest absolute Gasteiger partial charge is 0.207 e. The molecule has 0 aromatic heterocycles. The number of hydrogen-bond acceptors (Lipinski definition) is 3. The van der Waals surface area contributed by atoms with Gasteiger partial charge < -0.3 is 4.90 Å². The van der Waals surface area contributed by atoms with E-state index in [0.29, 0.717) is 28.7 Å². The summed E-state index contributed by atoms with van der Waals surface area (Å²) in [6.07, 6.45) is 15.9. The predicted molar refractivity (Wildman–Crippen MR) is 197 cm³/mol. The number of sulfone groups is 1. The van der Waals surface area contributed by atoms with E-state index in [9.17, 15) is 8.42 Å². The van der Waals surface area contributed by atoms with Gasteiger partial charge in [-0.2, -0.15) is 0 Å². The van der Waals surface area contributed by atoms with Gasteiger partial charge in [0.25, 0.3) is 0 Å². The van der Waals surface area contributed by atoms with Crippen molar-refractivity contribution < 1.29 is 8.42 Å². The molecule has 3 aromatic rings. The Morgan fingerprint density at radius 2 is 1.53 bits per heavy atom. The summed E-state index contributed by atoms with van der Waals surface area (Å²) in [5.41, 5.74) is 8.52. The standard InChI is InChI=1S/C43H49NO2S/c1-31-17-13-14-22-37(31)42(3,4)32(2)25-26-33-27-28-34(41(33)47(45,46)36-20-11-8-12-21-36)29-30-40-43(5,6)38-23-15-16-24-39(38)44(40)35-18-9-7-10-19-35/h8,11-17,20-26,29-30,35H,2,7,9-10,18-19,27-28H2,1,3-6H3/b26-25+,34-29+,40-30+. The minimum absolute atomic E-state index is 0.187. The molecular weight excluding hydrogens is 595 g/mol. The van der Waals surface area contributed by atoms with Crippen LogP contribution in [0.25, 0.3) is 0 Å². The Bertz CT molecular complexity index is 1900. The van der Waals surface area contributed by atoms with Crippen LogP contribution in [0.5, 0.6) is 0 Å². The van der Waals surface area contributed by atoms with Gasteiger partial charge in [0.15, 0.2) is 0 Å². The molecule has 1 heterocycles. The first-order valence-corrected chi connectivity index (χ1v) is 18.7. The Morgan fingerprint density at radius 3 is 2.26 bits per heavy atom. The second-order valence-electron chi connectivity index (χ2n) is 14.5. The fourth-order valence-electron chi connectivity index (χ4n) is 7.92. The zero-order valence-corrected chi connectivity index (χ0v) is 29.5. The molecule has 4 heteroatoms. The van der Waals surface area contributed by atoms with E-state index in [2.05, 4.69) is 107 Å². The van der Waals surface area contributed by atoms with Crippen LogP contribution in [0.4, 0.5) is 5.69 Å². The minimum Gasteiger partial charge on any atom is -0.341 e. The summed E-state index contributed by atoms with van der Waals surface area (Å²) in [6.45, 7) is 15.6. The topological polar surface area (TPSA) is 37.4 Å². The van der Waals surface area contributed by atoms with Crippen LogP contribution in [0, 0.1) is 6.92 Å². The van der Waals surface area contributed by atoms with E-state index in [1.165, 1.54) is 60.2 Å². The first kappa shape index (κ1) is 33.0. The minimum atomic E-state index is -3.75. The molecule has 0 atom stereocenters. The van der Waals surface area contributed by atoms with E-state index in [1.54, 1.807) is 24.3 Å². The second kappa shape index (κ2) is 13.0. The number of anilines is 1. The van der Waals surface area contributed by atoms with Crippen molar-refractivity contribution in [1.29, 1.82) is 0 Å². The molecule has 2 aliphatic carbocycles. The number of aryl methyl sites for hydroxylation is 1. The van der Waals surface area contributed by atoms with E-state index in [-0.39, 0.29) is 10.8 Å². The predicted octanol–water partition coefficient (Wildman–Crippen LogP) is 10.8. The molecule has 47 heavy (non-hydrogen) atoms. The van der Waals surface area contributed by atoms with Crippen molar-refractivity contribution in [3.8, 4) is 0 Å². The van der Waals surface area contributed by atoms with E-state index in [0.717, 1.165) is 16.7 Å². The summed E-state index contributed by atoms with van der Waals surface area (Å²) in [6, 6.07) is 26.5. The van der Waals surface area contributed by atoms with Crippen LogP contribution in [0.3, 0.4) is 0 Å². The molecule has 3 aliphatic rings. The third-order valence-electron chi connectivity index (χ3n) is 10.8. The summed E-state index contributed by atoms with van der Waals surface area (Å²) in [5.74, 6) is 0. The first-order valence-electron chi connectivity index (χ1n) is 17.2. The highest BCUT2D eigenvalue weighted by atomic mass is 32.2. The lowest BCUT2D eigenvalue weighted by Crippen LogP contribution is -2.36. The highest BCUT2D eigenvalue weighted by Gasteiger charge is 2.42. The van der Waals surface area contributed by atoms with Crippen molar-refractivity contribution in [2.45, 2.75) is 101 Å². The van der Waals surface area contributed by atoms with Gasteiger partial charge in [-0.3, -0.25) is 0 Å². The Hall–Kier alpha value is -3.89. The molecule has 1 fully saturated rings. The third kappa shape index (κ3) is 6.13. The maximum atomic E-state index is 14.4. The van der Waals surface area contributed by atoms with Crippen LogP contribution in [-0.4, -0.2) is 14.5 Å². The lowest BCUT2D eigenvalue weighted by Gasteiger charge is -2.36. The van der Waals surface area contributed by atoms with Crippen molar-refractivity contribution in [3.05, 3.63) is 154 Å². The number of fused-ring (bicyclic) bond motifs is 1. The highest BCUT2D eigenvalue weighted by molar-refractivity contribution is 7.95. The molecule has 0 unspecified atom stereocenters. The first-order chi connectivity index (χ1) is 22.4. The Balaban J connectivity index is 1.44. The Morgan fingerprint density at radius 1 is 0.872 bits per heavy atom. The quantitative estimate of drug-likeness (QED) is 0.229. The highest BCUT2D eigenvalue weighted by Crippen LogP contribution is 2.50. The zero-order valence-electron chi connectivity index (χ0n) is 28.7. The SMILES string of the molecule is C=C(/C=C/C1=C(S(=O)(=O)c2ccccc2)C(=C/C=C2/N(C3CCCCC3)c3ccccc3C2(C)C)/CC1)C(C)(C)c1ccccc1C. The molecule has 0 bridgehead atoms. The van der Waals surface area contributed by atoms with Crippen LogP contribution < -0.4 is 4.90 Å². The van der Waals surface area contributed by atoms with E-state index < -0.39 is 9.84 Å². The van der Waals surface area contributed by atoms with E-state index in [1.807, 2.05) is 18.2 Å². The normalized spacial score (nSPS) is 20.5. The monoisotopic (exact) mass is 643 g/mol. The van der Waals surface area contributed by atoms with Crippen molar-refractivity contribution >= 4 is 15.5 Å². The van der Waals surface area contributed by atoms with Crippen LogP contribution in [-0.2, 0) is 20.7 Å². The number of benzene rings is 3. The molecule has 6 rings (SSSR count). The lowest BCUT2D eigenvalue weighted by atomic mass is 9.76. The van der Waals surface area contributed by atoms with Gasteiger partial charge in [-0.1, -0.05) is 132 Å². The lowest BCUT2D eigenvalue weighted by molar-refractivity contribution is 0.423. The zero-order chi connectivity index (χ0) is 33.4. The molecule has 3 aromatic carbocycles. The van der Waals surface area contributed by atoms with Crippen LogP contribution in [0.1, 0.15) is 89.3 Å². The number of rotatable bonds is 8. The van der Waals surface area contributed by atoms with Gasteiger partial charge in [0.1, 0.15) is 0 Å². The Kier molecular flexibility index (Phi) is 9.11. The van der Waals surface area contributed by atoms with Gasteiger partial charge in [-0.15, -0.1) is 0 Å². The van der Waals surface area contributed by atoms with E-state index >= 15 is 0 Å². The maximum Gasteiger partial charge on any atom is 0.207 e. The van der Waals surface area contributed by atoms with E-state index in [4.69, 9.17) is 0 Å². The van der Waals surface area contributed by atoms with Crippen LogP contribution in [0.15, 0.2) is 142 Å². The largest absolute Gasteiger partial charge is 0.341 e. The third-order valence-corrected chi connectivity index (χ3v) is 12.7. The van der Waals surface area contributed by atoms with Crippen molar-refractivity contribution in [1.82, 2.24) is 0 Å². The number of allylic oxidation sites excluding steroid dienone is 8. The van der Waals surface area contributed by atoms with Gasteiger partial charge in [0.2, 0.25) is 9.84 Å². The van der Waals surface area contributed by atoms with Gasteiger partial charge in [-0.25, -0.2) is 8.42 Å². The van der Waals surface area contributed by atoms with Crippen molar-refractivity contribution in [2.24, 2.45) is 0 Å². The maximum absolute atomic E-state index is 14.4. The number of hydrogen-bond donors (Lipinski definition) is 0. The molecule has 0 N–H and O–H groups in total. The van der Waals surface area contributed by atoms with Gasteiger partial charge in [-0.05, 0) is 90.3 Å². The summed E-state index contributed by atoms with van der Waals surface area (Å²) >= 11 is 0. The number of nitrogens with zero attached hydrogens (tertiary/aromatic N) is 1. The van der Waals surface area contributed by atoms with Crippen LogP contribution in [0.2, 0.25) is 0 Å². The average Bonchev–Trinajstić information content (AvgIpc) is 3.59. The molecular formula is C43H49NO2S. The molecule has 0 amide bonds. The average molecular weight is 644 g/mol. The summed E-state index contributed by atoms with van der Waals surface area (Å²) in [4.78, 5) is 3.35. The molecule has 0 radical (unpaired) electrons. The van der Waals surface area contributed by atoms with Crippen LogP contribution >= 0.6 is 0 Å². The molecule has 3 nitrogen and oxygen atoms in total. The van der Waals surface area contributed by atoms with Crippen molar-refractivity contribution in [2.75, 3.05) is 4.90 Å². The van der Waals surface area contributed by atoms with Gasteiger partial charge in [0.05, 0.1) is 9.80 Å². The second-order valence-corrected chi connectivity index (χ2v) is 16.4. The summed E-state index contributed by atoms with van der Waals surface area (Å²) in [7, 11) is -3.75. The molecule has 0 saturated heterocycles. The summed E-state index contributed by atoms with van der Waals surface area (Å²) < 4.78 is 28.8. The fraction of sp³-hybridized carbons (Fsp3) is 0.349. The molecule has 1 aliphatic heterocycles.